The second-order valence-electron chi connectivity index (χ2n) is 4.17. The van der Waals surface area contributed by atoms with Gasteiger partial charge in [-0.05, 0) is 17.7 Å². The predicted molar refractivity (Wildman–Crippen MR) is 68.0 cm³/mol. The summed E-state index contributed by atoms with van der Waals surface area (Å²) < 4.78 is 0. The number of hydrogen-bond acceptors (Lipinski definition) is 5. The van der Waals surface area contributed by atoms with E-state index >= 15 is 0 Å². The zero-order valence-electron chi connectivity index (χ0n) is 10.3. The van der Waals surface area contributed by atoms with Gasteiger partial charge in [0.2, 0.25) is 5.60 Å². The molecule has 2 unspecified atom stereocenters. The Balaban J connectivity index is 2.85. The second-order valence-corrected chi connectivity index (χ2v) is 4.17. The molecule has 0 radical (unpaired) electrons. The summed E-state index contributed by atoms with van der Waals surface area (Å²) in [6.07, 6.45) is -0.366. The Hall–Kier alpha value is -2.38. The van der Waals surface area contributed by atoms with E-state index in [9.17, 15) is 19.8 Å². The number of benzene rings is 1. The molecule has 1 rings (SSSR count). The Kier molecular flexibility index (Phi) is 4.84. The molecule has 0 spiro atoms. The first-order chi connectivity index (χ1) is 9.27. The van der Waals surface area contributed by atoms with Crippen molar-refractivity contribution in [2.24, 2.45) is 0 Å². The van der Waals surface area contributed by atoms with Crippen LogP contribution in [0.1, 0.15) is 12.0 Å². The summed E-state index contributed by atoms with van der Waals surface area (Å²) in [6, 6.07) is 5.91. The van der Waals surface area contributed by atoms with Crippen LogP contribution in [0.4, 0.5) is 0 Å². The van der Waals surface area contributed by atoms with Gasteiger partial charge in [-0.1, -0.05) is 24.3 Å². The minimum absolute atomic E-state index is 0.0606. The molecular formula is C13H14O7. The first-order valence-corrected chi connectivity index (χ1v) is 5.59. The largest absolute Gasteiger partial charge is 0.508 e. The SMILES string of the molecule is O=C(O)C(O)C(O)(C/C=C\c1ccc(O)cc1)C(=O)O. The molecule has 7 heteroatoms. The molecule has 1 aromatic carbocycles. The number of carbonyl (C=O) groups is 2. The van der Waals surface area contributed by atoms with Crippen molar-refractivity contribution >= 4 is 18.0 Å². The highest BCUT2D eigenvalue weighted by Crippen LogP contribution is 2.19. The quantitative estimate of drug-likeness (QED) is 0.497. The monoisotopic (exact) mass is 282 g/mol. The fraction of sp³-hybridized carbons (Fsp3) is 0.231. The smallest absolute Gasteiger partial charge is 0.339 e. The molecule has 5 N–H and O–H groups in total. The van der Waals surface area contributed by atoms with Gasteiger partial charge in [-0.15, -0.1) is 0 Å². The maximum absolute atomic E-state index is 10.9. The van der Waals surface area contributed by atoms with Gasteiger partial charge in [0.25, 0.3) is 0 Å². The van der Waals surface area contributed by atoms with E-state index in [0.29, 0.717) is 5.56 Å². The molecule has 0 saturated carbocycles. The minimum atomic E-state index is -2.81. The van der Waals surface area contributed by atoms with Crippen LogP contribution in [0.25, 0.3) is 6.08 Å². The zero-order chi connectivity index (χ0) is 15.3. The Labute approximate surface area is 114 Å². The number of phenols is 1. The third-order valence-electron chi connectivity index (χ3n) is 2.69. The van der Waals surface area contributed by atoms with Crippen molar-refractivity contribution < 1.29 is 35.1 Å². The van der Waals surface area contributed by atoms with E-state index in [1.165, 1.54) is 24.3 Å². The summed E-state index contributed by atoms with van der Waals surface area (Å²) >= 11 is 0. The molecule has 7 nitrogen and oxygen atoms in total. The van der Waals surface area contributed by atoms with Gasteiger partial charge in [-0.2, -0.15) is 0 Å². The molecule has 108 valence electrons. The highest BCUT2D eigenvalue weighted by Gasteiger charge is 2.46. The molecule has 0 bridgehead atoms. The number of aromatic hydroxyl groups is 1. The molecular weight excluding hydrogens is 268 g/mol. The van der Waals surface area contributed by atoms with Gasteiger partial charge in [0.15, 0.2) is 6.10 Å². The number of rotatable bonds is 6. The predicted octanol–water partition coefficient (Wildman–Crippen LogP) is 0.0567. The first-order valence-electron chi connectivity index (χ1n) is 5.59. The van der Waals surface area contributed by atoms with Crippen molar-refractivity contribution in [3.63, 3.8) is 0 Å². The molecule has 0 heterocycles. The zero-order valence-corrected chi connectivity index (χ0v) is 10.3. The molecule has 0 aliphatic heterocycles. The fourth-order valence-corrected chi connectivity index (χ4v) is 1.48. The highest BCUT2D eigenvalue weighted by atomic mass is 16.4. The average Bonchev–Trinajstić information content (AvgIpc) is 2.39. The molecule has 1 aromatic rings. The number of carboxylic acid groups (broad SMARTS) is 2. The summed E-state index contributed by atoms with van der Waals surface area (Å²) in [5.74, 6) is -3.60. The average molecular weight is 282 g/mol. The Bertz CT molecular complexity index is 520. The van der Waals surface area contributed by atoms with Crippen LogP contribution in [0.2, 0.25) is 0 Å². The lowest BCUT2D eigenvalue weighted by Gasteiger charge is -2.24. The van der Waals surface area contributed by atoms with Crippen molar-refractivity contribution in [3.05, 3.63) is 35.9 Å². The van der Waals surface area contributed by atoms with Crippen molar-refractivity contribution in [3.8, 4) is 5.75 Å². The molecule has 0 amide bonds. The number of aliphatic hydroxyl groups excluding tert-OH is 1. The third kappa shape index (κ3) is 3.56. The van der Waals surface area contributed by atoms with Crippen molar-refractivity contribution in [1.82, 2.24) is 0 Å². The van der Waals surface area contributed by atoms with Crippen LogP contribution in [0.3, 0.4) is 0 Å². The molecule has 0 aliphatic rings. The van der Waals surface area contributed by atoms with Gasteiger partial charge in [0, 0.05) is 6.42 Å². The van der Waals surface area contributed by atoms with Crippen LogP contribution in [-0.4, -0.2) is 49.2 Å². The lowest BCUT2D eigenvalue weighted by Crippen LogP contribution is -2.52. The summed E-state index contributed by atoms with van der Waals surface area (Å²) in [6.45, 7) is 0. The van der Waals surface area contributed by atoms with Crippen molar-refractivity contribution in [2.75, 3.05) is 0 Å². The van der Waals surface area contributed by atoms with Gasteiger partial charge < -0.3 is 25.5 Å². The van der Waals surface area contributed by atoms with Gasteiger partial charge in [-0.3, -0.25) is 0 Å². The fourth-order valence-electron chi connectivity index (χ4n) is 1.48. The van der Waals surface area contributed by atoms with E-state index in [4.69, 9.17) is 15.3 Å². The van der Waals surface area contributed by atoms with Gasteiger partial charge in [0.05, 0.1) is 0 Å². The van der Waals surface area contributed by atoms with Gasteiger partial charge in [-0.25, -0.2) is 9.59 Å². The van der Waals surface area contributed by atoms with Crippen molar-refractivity contribution in [2.45, 2.75) is 18.1 Å². The van der Waals surface area contributed by atoms with E-state index in [0.717, 1.165) is 0 Å². The number of hydrogen-bond donors (Lipinski definition) is 5. The second kappa shape index (κ2) is 6.18. The topological polar surface area (TPSA) is 135 Å². The normalized spacial score (nSPS) is 15.7. The lowest BCUT2D eigenvalue weighted by molar-refractivity contribution is -0.182. The van der Waals surface area contributed by atoms with Crippen LogP contribution >= 0.6 is 0 Å². The lowest BCUT2D eigenvalue weighted by atomic mass is 9.92. The molecule has 0 fully saturated rings. The van der Waals surface area contributed by atoms with E-state index in [-0.39, 0.29) is 5.75 Å². The molecule has 2 atom stereocenters. The maximum atomic E-state index is 10.9. The number of aliphatic hydroxyl groups is 2. The van der Waals surface area contributed by atoms with Crippen LogP contribution < -0.4 is 0 Å². The molecule has 20 heavy (non-hydrogen) atoms. The third-order valence-corrected chi connectivity index (χ3v) is 2.69. The number of carboxylic acids is 2. The highest BCUT2D eigenvalue weighted by molar-refractivity contribution is 5.87. The standard InChI is InChI=1S/C13H14O7/c14-9-5-3-8(4-6-9)2-1-7-13(20,12(18)19)10(15)11(16)17/h1-6,10,14-15,20H,7H2,(H,16,17)(H,18,19)/b2-1-. The first kappa shape index (κ1) is 15.7. The summed E-state index contributed by atoms with van der Waals surface area (Å²) in [5.41, 5.74) is -2.19. The molecule has 0 saturated heterocycles. The van der Waals surface area contributed by atoms with E-state index < -0.39 is 30.1 Å². The minimum Gasteiger partial charge on any atom is -0.508 e. The van der Waals surface area contributed by atoms with Crippen LogP contribution in [-0.2, 0) is 9.59 Å². The van der Waals surface area contributed by atoms with E-state index in [1.54, 1.807) is 12.1 Å². The number of phenolic OH excluding ortho intramolecular Hbond substituents is 1. The Morgan fingerprint density at radius 2 is 1.75 bits per heavy atom. The molecule has 0 aromatic heterocycles. The van der Waals surface area contributed by atoms with Crippen LogP contribution in [0.15, 0.2) is 30.3 Å². The number of aliphatic carboxylic acids is 2. The summed E-state index contributed by atoms with van der Waals surface area (Å²) in [4.78, 5) is 21.5. The van der Waals surface area contributed by atoms with Gasteiger partial charge in [0.1, 0.15) is 5.75 Å². The van der Waals surface area contributed by atoms with Crippen LogP contribution in [0.5, 0.6) is 5.75 Å². The summed E-state index contributed by atoms with van der Waals surface area (Å²) in [7, 11) is 0. The van der Waals surface area contributed by atoms with E-state index in [2.05, 4.69) is 0 Å². The molecule has 0 aliphatic carbocycles. The Morgan fingerprint density at radius 1 is 1.20 bits per heavy atom. The maximum Gasteiger partial charge on any atom is 0.339 e. The van der Waals surface area contributed by atoms with Gasteiger partial charge >= 0.3 is 11.9 Å². The van der Waals surface area contributed by atoms with Crippen molar-refractivity contribution in [1.29, 1.82) is 0 Å². The Morgan fingerprint density at radius 3 is 2.20 bits per heavy atom. The van der Waals surface area contributed by atoms with E-state index in [1.807, 2.05) is 0 Å². The van der Waals surface area contributed by atoms with Crippen LogP contribution in [0, 0.1) is 0 Å². The summed E-state index contributed by atoms with van der Waals surface area (Å²) in [5, 5.41) is 45.5.